The first-order valence-electron chi connectivity index (χ1n) is 8.03. The zero-order chi connectivity index (χ0) is 18.1. The molecule has 1 aromatic heterocycles. The van der Waals surface area contributed by atoms with Crippen molar-refractivity contribution < 1.29 is 9.53 Å². The van der Waals surface area contributed by atoms with Gasteiger partial charge in [0.25, 0.3) is 5.56 Å². The Labute approximate surface area is 150 Å². The molecule has 0 fully saturated rings. The number of pyridine rings is 1. The van der Waals surface area contributed by atoms with Crippen LogP contribution in [0.1, 0.15) is 28.4 Å². The van der Waals surface area contributed by atoms with Gasteiger partial charge in [0.15, 0.2) is 0 Å². The zero-order valence-corrected chi connectivity index (χ0v) is 15.0. The number of ether oxygens (including phenoxy) is 1. The second kappa shape index (κ2) is 6.73. The maximum Gasteiger partial charge on any atom is 0.344 e. The predicted molar refractivity (Wildman–Crippen MR) is 100 cm³/mol. The highest BCUT2D eigenvalue weighted by atomic mass is 35.5. The molecule has 0 saturated carbocycles. The van der Waals surface area contributed by atoms with Crippen LogP contribution in [0.4, 0.5) is 0 Å². The Morgan fingerprint density at radius 1 is 1.16 bits per heavy atom. The van der Waals surface area contributed by atoms with Gasteiger partial charge >= 0.3 is 5.97 Å². The summed E-state index contributed by atoms with van der Waals surface area (Å²) in [5.74, 6) is -0.628. The predicted octanol–water partition coefficient (Wildman–Crippen LogP) is 4.64. The fraction of sp³-hybridized carbons (Fsp3) is 0.200. The lowest BCUT2D eigenvalue weighted by Crippen LogP contribution is -2.21. The molecule has 3 rings (SSSR count). The third-order valence-electron chi connectivity index (χ3n) is 4.19. The number of carbonyl (C=O) groups is 1. The monoisotopic (exact) mass is 355 g/mol. The van der Waals surface area contributed by atoms with Gasteiger partial charge in [-0.1, -0.05) is 35.9 Å². The number of aryl methyl sites for hydroxylation is 2. The van der Waals surface area contributed by atoms with E-state index in [4.69, 9.17) is 16.3 Å². The van der Waals surface area contributed by atoms with Gasteiger partial charge in [-0.25, -0.2) is 4.79 Å². The van der Waals surface area contributed by atoms with E-state index in [1.807, 2.05) is 44.2 Å². The molecule has 4 nitrogen and oxygen atoms in total. The minimum atomic E-state index is -0.628. The molecule has 0 aliphatic carbocycles. The highest BCUT2D eigenvalue weighted by Gasteiger charge is 2.23. The molecule has 0 unspecified atom stereocenters. The molecular formula is C20H18ClNO3. The summed E-state index contributed by atoms with van der Waals surface area (Å²) < 4.78 is 5.13. The minimum Gasteiger partial charge on any atom is -0.462 e. The van der Waals surface area contributed by atoms with Gasteiger partial charge < -0.3 is 9.72 Å². The maximum atomic E-state index is 12.7. The van der Waals surface area contributed by atoms with E-state index in [1.54, 1.807) is 13.0 Å². The summed E-state index contributed by atoms with van der Waals surface area (Å²) in [5, 5.41) is 1.32. The second-order valence-corrected chi connectivity index (χ2v) is 6.29. The maximum absolute atomic E-state index is 12.7. The van der Waals surface area contributed by atoms with Crippen LogP contribution in [0, 0.1) is 13.8 Å². The Bertz CT molecular complexity index is 1040. The highest BCUT2D eigenvalue weighted by molar-refractivity contribution is 6.32. The average Bonchev–Trinajstić information content (AvgIpc) is 2.56. The first kappa shape index (κ1) is 17.2. The number of rotatable bonds is 3. The average molecular weight is 356 g/mol. The number of esters is 1. The van der Waals surface area contributed by atoms with E-state index in [9.17, 15) is 9.59 Å². The lowest BCUT2D eigenvalue weighted by atomic mass is 9.92. The number of hydrogen-bond acceptors (Lipinski definition) is 3. The largest absolute Gasteiger partial charge is 0.462 e. The first-order valence-corrected chi connectivity index (χ1v) is 8.41. The van der Waals surface area contributed by atoms with E-state index in [-0.39, 0.29) is 12.2 Å². The molecule has 0 spiro atoms. The van der Waals surface area contributed by atoms with Crippen molar-refractivity contribution in [2.45, 2.75) is 20.8 Å². The number of H-pyrrole nitrogens is 1. The van der Waals surface area contributed by atoms with E-state index in [0.29, 0.717) is 16.1 Å². The number of carbonyl (C=O) groups excluding carboxylic acids is 1. The molecule has 0 atom stereocenters. The van der Waals surface area contributed by atoms with Gasteiger partial charge in [0.05, 0.1) is 12.1 Å². The molecule has 0 saturated heterocycles. The summed E-state index contributed by atoms with van der Waals surface area (Å²) in [6, 6.07) is 11.2. The lowest BCUT2D eigenvalue weighted by molar-refractivity contribution is 0.0525. The molecule has 3 aromatic rings. The molecule has 0 aliphatic heterocycles. The van der Waals surface area contributed by atoms with Crippen LogP contribution in [0.2, 0.25) is 5.02 Å². The van der Waals surface area contributed by atoms with Crippen LogP contribution in [0.15, 0.2) is 41.2 Å². The summed E-state index contributed by atoms with van der Waals surface area (Å²) in [6.45, 7) is 5.74. The quantitative estimate of drug-likeness (QED) is 0.696. The van der Waals surface area contributed by atoms with Crippen LogP contribution < -0.4 is 5.56 Å². The van der Waals surface area contributed by atoms with Gasteiger partial charge in [-0.05, 0) is 49.6 Å². The fourth-order valence-corrected chi connectivity index (χ4v) is 3.12. The molecule has 0 amide bonds. The number of fused-ring (bicyclic) bond motifs is 1. The number of hydrogen-bond donors (Lipinski definition) is 1. The van der Waals surface area contributed by atoms with E-state index >= 15 is 0 Å². The molecule has 0 aliphatic rings. The summed E-state index contributed by atoms with van der Waals surface area (Å²) >= 11 is 6.21. The van der Waals surface area contributed by atoms with Crippen LogP contribution in [0.5, 0.6) is 0 Å². The topological polar surface area (TPSA) is 59.2 Å². The number of aromatic amines is 1. The number of nitrogens with one attached hydrogen (secondary N) is 1. The van der Waals surface area contributed by atoms with Crippen LogP contribution in [-0.4, -0.2) is 17.6 Å². The molecule has 5 heteroatoms. The van der Waals surface area contributed by atoms with Crippen molar-refractivity contribution in [2.75, 3.05) is 6.61 Å². The van der Waals surface area contributed by atoms with E-state index in [2.05, 4.69) is 4.98 Å². The summed E-state index contributed by atoms with van der Waals surface area (Å²) in [7, 11) is 0. The van der Waals surface area contributed by atoms with Crippen molar-refractivity contribution in [3.63, 3.8) is 0 Å². The summed E-state index contributed by atoms with van der Waals surface area (Å²) in [4.78, 5) is 27.9. The Hall–Kier alpha value is -2.59. The van der Waals surface area contributed by atoms with Crippen molar-refractivity contribution in [3.8, 4) is 11.1 Å². The van der Waals surface area contributed by atoms with Crippen molar-refractivity contribution in [1.29, 1.82) is 0 Å². The van der Waals surface area contributed by atoms with Crippen LogP contribution in [-0.2, 0) is 4.74 Å². The molecule has 2 aromatic carbocycles. The van der Waals surface area contributed by atoms with E-state index in [1.165, 1.54) is 0 Å². The molecular weight excluding hydrogens is 338 g/mol. The summed E-state index contributed by atoms with van der Waals surface area (Å²) in [6.07, 6.45) is 0. The smallest absolute Gasteiger partial charge is 0.344 e. The lowest BCUT2D eigenvalue weighted by Gasteiger charge is -2.15. The van der Waals surface area contributed by atoms with E-state index < -0.39 is 11.5 Å². The normalized spacial score (nSPS) is 10.9. The van der Waals surface area contributed by atoms with E-state index in [0.717, 1.165) is 22.1 Å². The fourth-order valence-electron chi connectivity index (χ4n) is 2.96. The summed E-state index contributed by atoms with van der Waals surface area (Å²) in [5.41, 5.74) is 3.36. The van der Waals surface area contributed by atoms with Crippen molar-refractivity contribution >= 4 is 28.5 Å². The third-order valence-corrected chi connectivity index (χ3v) is 4.59. The Morgan fingerprint density at radius 2 is 1.88 bits per heavy atom. The Kier molecular flexibility index (Phi) is 4.64. The second-order valence-electron chi connectivity index (χ2n) is 5.89. The molecule has 0 bridgehead atoms. The van der Waals surface area contributed by atoms with Gasteiger partial charge in [-0.3, -0.25) is 4.79 Å². The molecule has 1 N–H and O–H groups in total. The number of halogens is 1. The van der Waals surface area contributed by atoms with Gasteiger partial charge in [0.1, 0.15) is 5.56 Å². The number of benzene rings is 2. The van der Waals surface area contributed by atoms with Gasteiger partial charge in [0, 0.05) is 16.0 Å². The molecule has 128 valence electrons. The first-order chi connectivity index (χ1) is 11.9. The zero-order valence-electron chi connectivity index (χ0n) is 14.3. The Morgan fingerprint density at radius 3 is 2.56 bits per heavy atom. The van der Waals surface area contributed by atoms with Gasteiger partial charge in [-0.2, -0.15) is 0 Å². The Balaban J connectivity index is 2.50. The number of aromatic nitrogens is 1. The third kappa shape index (κ3) is 3.05. The minimum absolute atomic E-state index is 0.0189. The van der Waals surface area contributed by atoms with Crippen molar-refractivity contribution in [2.24, 2.45) is 0 Å². The molecule has 25 heavy (non-hydrogen) atoms. The van der Waals surface area contributed by atoms with Crippen LogP contribution >= 0.6 is 11.6 Å². The van der Waals surface area contributed by atoms with Crippen LogP contribution in [0.25, 0.3) is 22.0 Å². The van der Waals surface area contributed by atoms with Crippen LogP contribution in [0.3, 0.4) is 0 Å². The SMILES string of the molecule is CCOC(=O)c1c(-c2ccccc2C)c2cc(C)c(Cl)cc2[nH]c1=O. The van der Waals surface area contributed by atoms with Crippen molar-refractivity contribution in [1.82, 2.24) is 4.98 Å². The van der Waals surface area contributed by atoms with Crippen molar-refractivity contribution in [3.05, 3.63) is 68.5 Å². The van der Waals surface area contributed by atoms with Gasteiger partial charge in [-0.15, -0.1) is 0 Å². The van der Waals surface area contributed by atoms with Gasteiger partial charge in [0.2, 0.25) is 0 Å². The molecule has 1 heterocycles. The molecule has 0 radical (unpaired) electrons. The highest BCUT2D eigenvalue weighted by Crippen LogP contribution is 2.34. The standard InChI is InChI=1S/C20H18ClNO3/c1-4-25-20(24)18-17(13-8-6-5-7-11(13)2)14-9-12(3)15(21)10-16(14)22-19(18)23/h5-10H,4H2,1-3H3,(H,22,23).